The minimum absolute atomic E-state index is 0.0358. The third-order valence-corrected chi connectivity index (χ3v) is 9.76. The maximum absolute atomic E-state index is 14.3. The van der Waals surface area contributed by atoms with Crippen molar-refractivity contribution in [3.8, 4) is 0 Å². The van der Waals surface area contributed by atoms with Crippen molar-refractivity contribution >= 4 is 56.3 Å². The van der Waals surface area contributed by atoms with Gasteiger partial charge >= 0.3 is 18.3 Å². The number of aromatic nitrogens is 5. The van der Waals surface area contributed by atoms with Gasteiger partial charge in [0, 0.05) is 0 Å². The summed E-state index contributed by atoms with van der Waals surface area (Å²) in [5.74, 6) is -1.49. The fourth-order valence-corrected chi connectivity index (χ4v) is 7.34. The van der Waals surface area contributed by atoms with E-state index in [9.17, 15) is 27.6 Å². The highest BCUT2D eigenvalue weighted by molar-refractivity contribution is 7.89. The van der Waals surface area contributed by atoms with E-state index < -0.39 is 92.4 Å². The number of amides is 3. The lowest BCUT2D eigenvalue weighted by molar-refractivity contribution is -0.196. The van der Waals surface area contributed by atoms with Gasteiger partial charge in [-0.1, -0.05) is 17.3 Å². The van der Waals surface area contributed by atoms with Gasteiger partial charge < -0.3 is 32.9 Å². The molecule has 57 heavy (non-hydrogen) atoms. The topological polar surface area (TPSA) is 234 Å². The summed E-state index contributed by atoms with van der Waals surface area (Å²) in [5.41, 5.74) is -4.12. The van der Waals surface area contributed by atoms with E-state index >= 15 is 0 Å². The van der Waals surface area contributed by atoms with Crippen LogP contribution in [0.4, 0.5) is 20.2 Å². The first kappa shape index (κ1) is 41.4. The number of hydrogen-bond donors (Lipinski definition) is 0. The molecule has 0 N–H and O–H groups in total. The molecule has 1 aromatic carbocycles. The second-order valence-electron chi connectivity index (χ2n) is 16.8. The number of fused-ring (bicyclic) bond motifs is 3. The van der Waals surface area contributed by atoms with E-state index in [-0.39, 0.29) is 28.0 Å². The van der Waals surface area contributed by atoms with Crippen LogP contribution in [0.1, 0.15) is 82.4 Å². The van der Waals surface area contributed by atoms with Crippen molar-refractivity contribution in [1.82, 2.24) is 29.0 Å². The van der Waals surface area contributed by atoms with Gasteiger partial charge in [0.25, 0.3) is 15.0 Å². The molecule has 20 nitrogen and oxygen atoms in total. The van der Waals surface area contributed by atoms with Gasteiger partial charge in [0.2, 0.25) is 5.43 Å². The van der Waals surface area contributed by atoms with E-state index in [4.69, 9.17) is 32.9 Å². The quantitative estimate of drug-likeness (QED) is 0.232. The van der Waals surface area contributed by atoms with Gasteiger partial charge in [0.1, 0.15) is 41.4 Å². The molecule has 0 unspecified atom stereocenters. The van der Waals surface area contributed by atoms with Crippen LogP contribution in [0.15, 0.2) is 51.3 Å². The SMILES string of the molecule is CC(C)(C)OC(=O)N(C(=O)OC(C)(C)C)c1ncnc2c1ncn2[C@@H]1O[C@H](CN(C(=O)OC(C)(C)C)S(=O)(=O)c2noc3ccccc3c2=O)[C@H]2OC(C)(C)O[C@H]21. The van der Waals surface area contributed by atoms with Crippen LogP contribution in [-0.2, 0) is 38.4 Å². The number of imidazole rings is 1. The molecule has 4 aromatic rings. The van der Waals surface area contributed by atoms with Crippen molar-refractivity contribution in [2.24, 2.45) is 0 Å². The molecule has 0 bridgehead atoms. The fraction of sp³-hybridized carbons (Fsp3) is 0.556. The van der Waals surface area contributed by atoms with E-state index in [0.29, 0.717) is 9.21 Å². The number of anilines is 1. The zero-order valence-electron chi connectivity index (χ0n) is 33.3. The van der Waals surface area contributed by atoms with Crippen LogP contribution in [0.2, 0.25) is 0 Å². The number of sulfonamides is 1. The van der Waals surface area contributed by atoms with Gasteiger partial charge in [-0.05, 0) is 88.3 Å². The van der Waals surface area contributed by atoms with Crippen LogP contribution in [0, 0.1) is 0 Å². The summed E-state index contributed by atoms with van der Waals surface area (Å²) < 4.78 is 71.0. The summed E-state index contributed by atoms with van der Waals surface area (Å²) in [4.78, 5) is 67.8. The summed E-state index contributed by atoms with van der Waals surface area (Å²) in [6.07, 6.45) is -5.51. The summed E-state index contributed by atoms with van der Waals surface area (Å²) in [7, 11) is -5.07. The Morgan fingerprint density at radius 2 is 1.42 bits per heavy atom. The number of imide groups is 1. The highest BCUT2D eigenvalue weighted by Gasteiger charge is 2.58. The number of para-hydroxylation sites is 1. The van der Waals surface area contributed by atoms with Crippen molar-refractivity contribution in [1.29, 1.82) is 0 Å². The first-order valence-electron chi connectivity index (χ1n) is 17.9. The molecule has 0 radical (unpaired) electrons. The van der Waals surface area contributed by atoms with Crippen LogP contribution >= 0.6 is 0 Å². The molecule has 0 spiro atoms. The Hall–Kier alpha value is -5.25. The summed E-state index contributed by atoms with van der Waals surface area (Å²) in [5, 5.41) is 2.47. The minimum Gasteiger partial charge on any atom is -0.443 e. The van der Waals surface area contributed by atoms with Crippen molar-refractivity contribution in [3.05, 3.63) is 47.1 Å². The average molecular weight is 816 g/mol. The second-order valence-corrected chi connectivity index (χ2v) is 18.6. The molecular weight excluding hydrogens is 770 g/mol. The standard InChI is InChI=1S/C36H45N7O13S/c1-33(2,3)53-30(45)42(57(48,49)28-23(44)19-14-12-13-15-20(19)56-40-28)16-21-24-25(52-36(10,11)51-24)29(50-21)41-18-39-22-26(41)37-17-38-27(22)43(31(46)54-34(4,5)6)32(47)55-35(7,8)9/h12-15,17-18,21,24-25,29H,16H2,1-11H3/t21-,24-,25-,29-/m1/s1. The number of nitrogens with zero attached hydrogens (tertiary/aromatic N) is 7. The van der Waals surface area contributed by atoms with Crippen molar-refractivity contribution < 1.29 is 55.7 Å². The Labute approximate surface area is 327 Å². The molecule has 4 atom stereocenters. The molecule has 308 valence electrons. The fourth-order valence-electron chi connectivity index (χ4n) is 6.08. The molecule has 3 amide bonds. The van der Waals surface area contributed by atoms with Gasteiger partial charge in [-0.3, -0.25) is 9.36 Å². The number of benzene rings is 1. The highest BCUT2D eigenvalue weighted by Crippen LogP contribution is 2.44. The van der Waals surface area contributed by atoms with Crippen LogP contribution in [0.25, 0.3) is 22.1 Å². The van der Waals surface area contributed by atoms with E-state index in [2.05, 4.69) is 20.1 Å². The van der Waals surface area contributed by atoms with Crippen LogP contribution in [-0.4, -0.2) is 103 Å². The van der Waals surface area contributed by atoms with Crippen molar-refractivity contribution in [3.63, 3.8) is 0 Å². The molecular formula is C36H45N7O13S. The molecule has 0 saturated carbocycles. The summed E-state index contributed by atoms with van der Waals surface area (Å²) >= 11 is 0. The number of ether oxygens (including phenoxy) is 6. The average Bonchev–Trinajstić information content (AvgIpc) is 3.72. The third kappa shape index (κ3) is 8.55. The Balaban J connectivity index is 1.41. The molecule has 2 aliphatic rings. The second kappa shape index (κ2) is 14.3. The predicted molar refractivity (Wildman–Crippen MR) is 198 cm³/mol. The van der Waals surface area contributed by atoms with Crippen LogP contribution in [0.3, 0.4) is 0 Å². The van der Waals surface area contributed by atoms with Crippen molar-refractivity contribution in [2.45, 2.75) is 128 Å². The Bertz CT molecular complexity index is 2360. The maximum Gasteiger partial charge on any atom is 0.425 e. The van der Waals surface area contributed by atoms with E-state index in [1.165, 1.54) is 29.1 Å². The molecule has 0 aliphatic carbocycles. The Kier molecular flexibility index (Phi) is 10.4. The van der Waals surface area contributed by atoms with Crippen LogP contribution < -0.4 is 10.3 Å². The predicted octanol–water partition coefficient (Wildman–Crippen LogP) is 5.05. The maximum atomic E-state index is 14.3. The lowest BCUT2D eigenvalue weighted by atomic mass is 10.1. The monoisotopic (exact) mass is 815 g/mol. The summed E-state index contributed by atoms with van der Waals surface area (Å²) in [6, 6.07) is 5.91. The Morgan fingerprint density at radius 3 is 2.04 bits per heavy atom. The molecule has 2 aliphatic heterocycles. The van der Waals surface area contributed by atoms with Gasteiger partial charge in [-0.15, -0.1) is 0 Å². The van der Waals surface area contributed by atoms with Crippen molar-refractivity contribution in [2.75, 3.05) is 11.4 Å². The largest absolute Gasteiger partial charge is 0.443 e. The van der Waals surface area contributed by atoms with Gasteiger partial charge in [-0.2, -0.15) is 17.6 Å². The first-order chi connectivity index (χ1) is 26.3. The lowest BCUT2D eigenvalue weighted by Gasteiger charge is -2.30. The molecule has 2 saturated heterocycles. The number of carbonyl (C=O) groups is 3. The summed E-state index contributed by atoms with van der Waals surface area (Å²) in [6.45, 7) is 16.9. The van der Waals surface area contributed by atoms with Gasteiger partial charge in [0.15, 0.2) is 34.6 Å². The third-order valence-electron chi connectivity index (χ3n) is 8.13. The first-order valence-corrected chi connectivity index (χ1v) is 19.3. The molecule has 21 heteroatoms. The number of hydrogen-bond acceptors (Lipinski definition) is 17. The van der Waals surface area contributed by atoms with E-state index in [1.54, 1.807) is 82.2 Å². The highest BCUT2D eigenvalue weighted by atomic mass is 32.2. The number of rotatable bonds is 6. The van der Waals surface area contributed by atoms with E-state index in [0.717, 1.165) is 6.33 Å². The van der Waals surface area contributed by atoms with Gasteiger partial charge in [-0.25, -0.2) is 29.3 Å². The van der Waals surface area contributed by atoms with Crippen LogP contribution in [0.5, 0.6) is 0 Å². The molecule has 6 rings (SSSR count). The zero-order valence-corrected chi connectivity index (χ0v) is 34.1. The number of carbonyl (C=O) groups excluding carboxylic acids is 3. The zero-order chi connectivity index (χ0) is 42.0. The Morgan fingerprint density at radius 1 is 0.842 bits per heavy atom. The molecule has 3 aromatic heterocycles. The normalized spacial score (nSPS) is 21.0. The molecule has 5 heterocycles. The van der Waals surface area contributed by atoms with Gasteiger partial charge in [0.05, 0.1) is 18.3 Å². The minimum atomic E-state index is -5.07. The van der Waals surface area contributed by atoms with E-state index in [1.807, 2.05) is 0 Å². The molecule has 2 fully saturated rings. The lowest BCUT2D eigenvalue weighted by Crippen LogP contribution is -2.48. The smallest absolute Gasteiger partial charge is 0.425 e.